The molecule has 0 bridgehead atoms. The first kappa shape index (κ1) is 20.4. The van der Waals surface area contributed by atoms with E-state index in [1.807, 2.05) is 36.3 Å². The summed E-state index contributed by atoms with van der Waals surface area (Å²) in [4.78, 5) is 16.9. The highest BCUT2D eigenvalue weighted by Crippen LogP contribution is 2.26. The molecule has 0 saturated heterocycles. The van der Waals surface area contributed by atoms with Crippen molar-refractivity contribution < 1.29 is 0 Å². The lowest BCUT2D eigenvalue weighted by molar-refractivity contribution is 0.462. The Morgan fingerprint density at radius 1 is 1.10 bits per heavy atom. The molecule has 1 saturated carbocycles. The van der Waals surface area contributed by atoms with E-state index in [1.165, 1.54) is 32.1 Å². The monoisotopic (exact) mass is 405 g/mol. The largest absolute Gasteiger partial charge is 0.367 e. The summed E-state index contributed by atoms with van der Waals surface area (Å²) < 4.78 is 3.57. The molecule has 0 spiro atoms. The van der Waals surface area contributed by atoms with Gasteiger partial charge >= 0.3 is 0 Å². The summed E-state index contributed by atoms with van der Waals surface area (Å²) in [5.74, 6) is 1.36. The van der Waals surface area contributed by atoms with Crippen molar-refractivity contribution in [3.8, 4) is 16.8 Å². The van der Waals surface area contributed by atoms with E-state index in [4.69, 9.17) is 4.98 Å². The minimum absolute atomic E-state index is 0.0147. The van der Waals surface area contributed by atoms with Gasteiger partial charge in [-0.05, 0) is 43.9 Å². The molecule has 3 aromatic rings. The second-order valence-electron chi connectivity index (χ2n) is 8.75. The molecule has 6 heteroatoms. The van der Waals surface area contributed by atoms with E-state index < -0.39 is 0 Å². The summed E-state index contributed by atoms with van der Waals surface area (Å²) in [6.45, 7) is 6.95. The van der Waals surface area contributed by atoms with Gasteiger partial charge in [0.25, 0.3) is 5.56 Å². The molecule has 3 heterocycles. The third-order valence-electron chi connectivity index (χ3n) is 5.73. The zero-order chi connectivity index (χ0) is 21.1. The number of hydrogen-bond donors (Lipinski definition) is 1. The maximum Gasteiger partial charge on any atom is 0.250 e. The van der Waals surface area contributed by atoms with E-state index in [2.05, 4.69) is 36.4 Å². The number of aromatic nitrogens is 4. The molecule has 3 aromatic heterocycles. The smallest absolute Gasteiger partial charge is 0.250 e. The van der Waals surface area contributed by atoms with Gasteiger partial charge in [0, 0.05) is 47.9 Å². The molecular formula is C24H31N5O. The third kappa shape index (κ3) is 4.64. The lowest BCUT2D eigenvalue weighted by Crippen LogP contribution is -2.22. The SMILES string of the molecule is Cc1nc(NC2CCCCC2)ccc1-c1cnn(-c2ccc(=O)n(CC(C)C)c2)c1. The van der Waals surface area contributed by atoms with E-state index in [1.54, 1.807) is 10.6 Å². The van der Waals surface area contributed by atoms with Crippen molar-refractivity contribution in [1.29, 1.82) is 0 Å². The van der Waals surface area contributed by atoms with Crippen LogP contribution >= 0.6 is 0 Å². The van der Waals surface area contributed by atoms with Crippen LogP contribution in [0.15, 0.2) is 47.7 Å². The second-order valence-corrected chi connectivity index (χ2v) is 8.75. The average molecular weight is 406 g/mol. The van der Waals surface area contributed by atoms with E-state index in [-0.39, 0.29) is 5.56 Å². The number of pyridine rings is 2. The molecule has 1 fully saturated rings. The summed E-state index contributed by atoms with van der Waals surface area (Å²) >= 11 is 0. The van der Waals surface area contributed by atoms with Crippen molar-refractivity contribution in [3.05, 3.63) is 58.9 Å². The van der Waals surface area contributed by atoms with Crippen molar-refractivity contribution in [3.63, 3.8) is 0 Å². The number of hydrogen-bond acceptors (Lipinski definition) is 4. The Morgan fingerprint density at radius 3 is 2.63 bits per heavy atom. The Morgan fingerprint density at radius 2 is 1.90 bits per heavy atom. The summed E-state index contributed by atoms with van der Waals surface area (Å²) in [6, 6.07) is 8.15. The number of anilines is 1. The predicted octanol–water partition coefficient (Wildman–Crippen LogP) is 4.81. The zero-order valence-electron chi connectivity index (χ0n) is 18.1. The molecule has 158 valence electrons. The van der Waals surface area contributed by atoms with Crippen molar-refractivity contribution >= 4 is 5.82 Å². The first-order valence-corrected chi connectivity index (χ1v) is 11.0. The van der Waals surface area contributed by atoms with Crippen molar-refractivity contribution in [1.82, 2.24) is 19.3 Å². The Hall–Kier alpha value is -2.89. The fraction of sp³-hybridized carbons (Fsp3) is 0.458. The summed E-state index contributed by atoms with van der Waals surface area (Å²) in [6.07, 6.45) is 12.1. The fourth-order valence-electron chi connectivity index (χ4n) is 4.20. The second kappa shape index (κ2) is 8.86. The highest BCUT2D eigenvalue weighted by atomic mass is 16.1. The first-order chi connectivity index (χ1) is 14.5. The highest BCUT2D eigenvalue weighted by molar-refractivity contribution is 5.66. The Kier molecular flexibility index (Phi) is 6.02. The van der Waals surface area contributed by atoms with Gasteiger partial charge in [-0.1, -0.05) is 33.1 Å². The quantitative estimate of drug-likeness (QED) is 0.639. The van der Waals surface area contributed by atoms with Crippen LogP contribution in [0.3, 0.4) is 0 Å². The van der Waals surface area contributed by atoms with Gasteiger partial charge in [-0.15, -0.1) is 0 Å². The number of nitrogens with one attached hydrogen (secondary N) is 1. The summed E-state index contributed by atoms with van der Waals surface area (Å²) in [7, 11) is 0. The summed E-state index contributed by atoms with van der Waals surface area (Å²) in [5.41, 5.74) is 3.97. The van der Waals surface area contributed by atoms with Gasteiger partial charge in [-0.25, -0.2) is 9.67 Å². The van der Waals surface area contributed by atoms with E-state index in [0.29, 0.717) is 18.5 Å². The average Bonchev–Trinajstić information content (AvgIpc) is 3.20. The summed E-state index contributed by atoms with van der Waals surface area (Å²) in [5, 5.41) is 8.12. The lowest BCUT2D eigenvalue weighted by atomic mass is 9.95. The van der Waals surface area contributed by atoms with E-state index in [9.17, 15) is 4.79 Å². The van der Waals surface area contributed by atoms with Gasteiger partial charge in [0.05, 0.1) is 11.9 Å². The first-order valence-electron chi connectivity index (χ1n) is 11.0. The van der Waals surface area contributed by atoms with Crippen LogP contribution in [0.4, 0.5) is 5.82 Å². The van der Waals surface area contributed by atoms with Gasteiger partial charge in [0.1, 0.15) is 5.82 Å². The Labute approximate surface area is 178 Å². The maximum absolute atomic E-state index is 12.1. The molecule has 0 aromatic carbocycles. The van der Waals surface area contributed by atoms with Crippen LogP contribution in [0.2, 0.25) is 0 Å². The molecule has 0 atom stereocenters. The van der Waals surface area contributed by atoms with Crippen molar-refractivity contribution in [2.75, 3.05) is 5.32 Å². The molecule has 4 rings (SSSR count). The molecule has 1 aliphatic rings. The highest BCUT2D eigenvalue weighted by Gasteiger charge is 2.14. The van der Waals surface area contributed by atoms with Crippen molar-refractivity contribution in [2.24, 2.45) is 5.92 Å². The molecule has 0 unspecified atom stereocenters. The van der Waals surface area contributed by atoms with Crippen molar-refractivity contribution in [2.45, 2.75) is 65.5 Å². The molecular weight excluding hydrogens is 374 g/mol. The van der Waals surface area contributed by atoms with Gasteiger partial charge < -0.3 is 9.88 Å². The standard InChI is InChI=1S/C24H31N5O/c1-17(2)14-28-16-21(9-12-24(28)30)29-15-19(13-25-29)22-10-11-23(26-18(22)3)27-20-7-5-4-6-8-20/h9-13,15-17,20H,4-8,14H2,1-3H3,(H,26,27). The third-order valence-corrected chi connectivity index (χ3v) is 5.73. The molecule has 6 nitrogen and oxygen atoms in total. The van der Waals surface area contributed by atoms with Crippen LogP contribution in [-0.2, 0) is 6.54 Å². The fourth-order valence-corrected chi connectivity index (χ4v) is 4.20. The van der Waals surface area contributed by atoms with Crippen LogP contribution in [0.25, 0.3) is 16.8 Å². The lowest BCUT2D eigenvalue weighted by Gasteiger charge is -2.23. The molecule has 0 amide bonds. The topological polar surface area (TPSA) is 64.7 Å². The molecule has 0 aliphatic heterocycles. The van der Waals surface area contributed by atoms with Crippen LogP contribution in [0, 0.1) is 12.8 Å². The zero-order valence-corrected chi connectivity index (χ0v) is 18.1. The molecule has 30 heavy (non-hydrogen) atoms. The molecule has 1 aliphatic carbocycles. The normalized spacial score (nSPS) is 14.9. The Balaban J connectivity index is 1.54. The predicted molar refractivity (Wildman–Crippen MR) is 121 cm³/mol. The number of nitrogens with zero attached hydrogens (tertiary/aromatic N) is 4. The van der Waals surface area contributed by atoms with Crippen LogP contribution < -0.4 is 10.9 Å². The van der Waals surface area contributed by atoms with Gasteiger partial charge in [0.15, 0.2) is 0 Å². The van der Waals surface area contributed by atoms with Crippen LogP contribution in [-0.4, -0.2) is 25.4 Å². The van der Waals surface area contributed by atoms with Crippen LogP contribution in [0.1, 0.15) is 51.6 Å². The Bertz CT molecular complexity index is 1060. The molecule has 0 radical (unpaired) electrons. The molecule has 1 N–H and O–H groups in total. The number of aryl methyl sites for hydroxylation is 1. The van der Waals surface area contributed by atoms with Gasteiger partial charge in [0.2, 0.25) is 0 Å². The van der Waals surface area contributed by atoms with Crippen LogP contribution in [0.5, 0.6) is 0 Å². The van der Waals surface area contributed by atoms with Gasteiger partial charge in [-0.2, -0.15) is 5.10 Å². The minimum Gasteiger partial charge on any atom is -0.367 e. The van der Waals surface area contributed by atoms with E-state index >= 15 is 0 Å². The number of rotatable bonds is 6. The van der Waals surface area contributed by atoms with Gasteiger partial charge in [-0.3, -0.25) is 4.79 Å². The minimum atomic E-state index is 0.0147. The van der Waals surface area contributed by atoms with E-state index in [0.717, 1.165) is 28.3 Å². The maximum atomic E-state index is 12.1.